The lowest BCUT2D eigenvalue weighted by molar-refractivity contribution is 0.594. The molecule has 0 saturated carbocycles. The van der Waals surface area contributed by atoms with Crippen molar-refractivity contribution in [3.05, 3.63) is 0 Å². The largest absolute Gasteiger partial charge is 0.317 e. The molecule has 76 valence electrons. The van der Waals surface area contributed by atoms with Crippen LogP contribution in [0.3, 0.4) is 0 Å². The zero-order valence-corrected chi connectivity index (χ0v) is 9.45. The fraction of sp³-hybridized carbons (Fsp3) is 1.00. The second-order valence-electron chi connectivity index (χ2n) is 2.81. The molecule has 12 heavy (non-hydrogen) atoms. The van der Waals surface area contributed by atoms with Crippen molar-refractivity contribution in [1.29, 1.82) is 0 Å². The van der Waals surface area contributed by atoms with Gasteiger partial charge in [-0.05, 0) is 25.9 Å². The fourth-order valence-corrected chi connectivity index (χ4v) is 0.979. The van der Waals surface area contributed by atoms with Gasteiger partial charge < -0.3 is 5.32 Å². The molecule has 0 aromatic carbocycles. The average Bonchev–Trinajstić information content (AvgIpc) is 2.15. The Bertz CT molecular complexity index is 45.0. The number of nitrogens with one attached hydrogen (secondary N) is 1. The van der Waals surface area contributed by atoms with Crippen molar-refractivity contribution in [3.8, 4) is 0 Å². The molecule has 0 aliphatic heterocycles. The Hall–Kier alpha value is -0.0400. The standard InChI is InChI=1S/C9H21N.C2H6/c1-3-5-6-7-9-10-8-4-2;1-2/h10H,3-9H2,1-2H3;1-2H3. The SMILES string of the molecule is CC.CCCCCCNCCC. The molecule has 1 heteroatoms. The minimum absolute atomic E-state index is 1.19. The van der Waals surface area contributed by atoms with Gasteiger partial charge in [-0.2, -0.15) is 0 Å². The van der Waals surface area contributed by atoms with Gasteiger partial charge >= 0.3 is 0 Å². The van der Waals surface area contributed by atoms with Crippen LogP contribution in [0.5, 0.6) is 0 Å². The highest BCUT2D eigenvalue weighted by atomic mass is 14.8. The number of hydrogen-bond donors (Lipinski definition) is 1. The van der Waals surface area contributed by atoms with Gasteiger partial charge in [-0.3, -0.25) is 0 Å². The lowest BCUT2D eigenvalue weighted by Gasteiger charge is -2.00. The maximum atomic E-state index is 3.39. The van der Waals surface area contributed by atoms with Crippen LogP contribution in [0.15, 0.2) is 0 Å². The highest BCUT2D eigenvalue weighted by molar-refractivity contribution is 4.46. The monoisotopic (exact) mass is 173 g/mol. The third-order valence-corrected chi connectivity index (χ3v) is 1.63. The molecule has 0 rings (SSSR count). The lowest BCUT2D eigenvalue weighted by Crippen LogP contribution is -2.15. The summed E-state index contributed by atoms with van der Waals surface area (Å²) in [6.45, 7) is 10.9. The Kier molecular flexibility index (Phi) is 20.7. The van der Waals surface area contributed by atoms with Crippen LogP contribution in [0.1, 0.15) is 59.8 Å². The Balaban J connectivity index is 0. The Labute approximate surface area is 78.9 Å². The maximum absolute atomic E-state index is 3.39. The van der Waals surface area contributed by atoms with Crippen molar-refractivity contribution in [1.82, 2.24) is 5.32 Å². The highest BCUT2D eigenvalue weighted by Gasteiger charge is 1.85. The molecule has 0 aromatic rings. The van der Waals surface area contributed by atoms with Gasteiger partial charge in [0.2, 0.25) is 0 Å². The molecule has 0 amide bonds. The smallest absolute Gasteiger partial charge is 0.00489 e. The second-order valence-corrected chi connectivity index (χ2v) is 2.81. The van der Waals surface area contributed by atoms with Crippen LogP contribution < -0.4 is 5.32 Å². The van der Waals surface area contributed by atoms with Crippen molar-refractivity contribution in [2.45, 2.75) is 59.8 Å². The predicted molar refractivity (Wildman–Crippen MR) is 58.7 cm³/mol. The molecule has 0 aliphatic carbocycles. The van der Waals surface area contributed by atoms with Crippen LogP contribution in [0, 0.1) is 0 Å². The molecule has 0 saturated heterocycles. The molecule has 0 aliphatic rings. The Morgan fingerprint density at radius 3 is 1.92 bits per heavy atom. The summed E-state index contributed by atoms with van der Waals surface area (Å²) in [6.07, 6.45) is 6.75. The second kappa shape index (κ2) is 17.2. The van der Waals surface area contributed by atoms with Crippen LogP contribution in [-0.2, 0) is 0 Å². The molecule has 0 aromatic heterocycles. The van der Waals surface area contributed by atoms with Crippen molar-refractivity contribution in [2.24, 2.45) is 0 Å². The van der Waals surface area contributed by atoms with E-state index in [1.807, 2.05) is 13.8 Å². The van der Waals surface area contributed by atoms with Crippen molar-refractivity contribution in [3.63, 3.8) is 0 Å². The molecule has 0 atom stereocenters. The average molecular weight is 173 g/mol. The van der Waals surface area contributed by atoms with Gasteiger partial charge in [0, 0.05) is 0 Å². The maximum Gasteiger partial charge on any atom is -0.00489 e. The molecule has 1 nitrogen and oxygen atoms in total. The van der Waals surface area contributed by atoms with Gasteiger partial charge in [0.15, 0.2) is 0 Å². The summed E-state index contributed by atoms with van der Waals surface area (Å²) in [5.41, 5.74) is 0. The van der Waals surface area contributed by atoms with Crippen molar-refractivity contribution in [2.75, 3.05) is 13.1 Å². The van der Waals surface area contributed by atoms with Crippen LogP contribution in [-0.4, -0.2) is 13.1 Å². The van der Waals surface area contributed by atoms with Crippen molar-refractivity contribution >= 4 is 0 Å². The topological polar surface area (TPSA) is 12.0 Å². The van der Waals surface area contributed by atoms with E-state index < -0.39 is 0 Å². The van der Waals surface area contributed by atoms with E-state index in [0.717, 1.165) is 0 Å². The third-order valence-electron chi connectivity index (χ3n) is 1.63. The first-order chi connectivity index (χ1) is 5.91. The summed E-state index contributed by atoms with van der Waals surface area (Å²) >= 11 is 0. The number of unbranched alkanes of at least 4 members (excludes halogenated alkanes) is 3. The van der Waals surface area contributed by atoms with E-state index in [2.05, 4.69) is 19.2 Å². The summed E-state index contributed by atoms with van der Waals surface area (Å²) in [7, 11) is 0. The first-order valence-corrected chi connectivity index (χ1v) is 5.62. The highest BCUT2D eigenvalue weighted by Crippen LogP contribution is 1.96. The first-order valence-electron chi connectivity index (χ1n) is 5.62. The quantitative estimate of drug-likeness (QED) is 0.580. The molecule has 0 radical (unpaired) electrons. The molecule has 0 bridgehead atoms. The number of hydrogen-bond acceptors (Lipinski definition) is 1. The van der Waals surface area contributed by atoms with Crippen LogP contribution in [0.4, 0.5) is 0 Å². The molecule has 0 spiro atoms. The lowest BCUT2D eigenvalue weighted by atomic mass is 10.2. The van der Waals surface area contributed by atoms with Crippen molar-refractivity contribution < 1.29 is 0 Å². The molecule has 0 heterocycles. The van der Waals surface area contributed by atoms with Gasteiger partial charge in [-0.25, -0.2) is 0 Å². The zero-order chi connectivity index (χ0) is 9.66. The summed E-state index contributed by atoms with van der Waals surface area (Å²) < 4.78 is 0. The molecule has 0 fully saturated rings. The van der Waals surface area contributed by atoms with Crippen LogP contribution in [0.25, 0.3) is 0 Å². The third kappa shape index (κ3) is 16.5. The van der Waals surface area contributed by atoms with Gasteiger partial charge in [-0.1, -0.05) is 47.0 Å². The van der Waals surface area contributed by atoms with Gasteiger partial charge in [0.05, 0.1) is 0 Å². The van der Waals surface area contributed by atoms with E-state index in [9.17, 15) is 0 Å². The van der Waals surface area contributed by atoms with E-state index in [4.69, 9.17) is 0 Å². The van der Waals surface area contributed by atoms with E-state index >= 15 is 0 Å². The fourth-order valence-electron chi connectivity index (χ4n) is 0.979. The van der Waals surface area contributed by atoms with Crippen LogP contribution >= 0.6 is 0 Å². The predicted octanol–water partition coefficient (Wildman–Crippen LogP) is 3.59. The normalized spacial score (nSPS) is 9.00. The van der Waals surface area contributed by atoms with E-state index in [1.165, 1.54) is 45.2 Å². The minimum atomic E-state index is 1.19. The van der Waals surface area contributed by atoms with E-state index in [-0.39, 0.29) is 0 Å². The zero-order valence-electron chi connectivity index (χ0n) is 9.45. The Morgan fingerprint density at radius 2 is 1.42 bits per heavy atom. The summed E-state index contributed by atoms with van der Waals surface area (Å²) in [5.74, 6) is 0. The minimum Gasteiger partial charge on any atom is -0.317 e. The van der Waals surface area contributed by atoms with E-state index in [0.29, 0.717) is 0 Å². The van der Waals surface area contributed by atoms with Gasteiger partial charge in [0.1, 0.15) is 0 Å². The molecular weight excluding hydrogens is 146 g/mol. The molecule has 1 N–H and O–H groups in total. The van der Waals surface area contributed by atoms with Gasteiger partial charge in [-0.15, -0.1) is 0 Å². The molecule has 0 unspecified atom stereocenters. The summed E-state index contributed by atoms with van der Waals surface area (Å²) in [4.78, 5) is 0. The summed E-state index contributed by atoms with van der Waals surface area (Å²) in [6, 6.07) is 0. The first kappa shape index (κ1) is 14.5. The summed E-state index contributed by atoms with van der Waals surface area (Å²) in [5, 5.41) is 3.39. The number of rotatable bonds is 7. The molecular formula is C11H27N. The van der Waals surface area contributed by atoms with Crippen LogP contribution in [0.2, 0.25) is 0 Å². The van der Waals surface area contributed by atoms with E-state index in [1.54, 1.807) is 0 Å². The van der Waals surface area contributed by atoms with Gasteiger partial charge in [0.25, 0.3) is 0 Å². The Morgan fingerprint density at radius 1 is 0.750 bits per heavy atom.